The standard InChI is InChI=1S/C28H25F3N8O2/c29-28(30,31)21-4-1-3-19(15-21)25(41)37-13-10-27(9-12-32,11-14-37)38-17-20(16-33-38)22-5-2-6-23-34-26(36-39(22)23)35-24(40)18-7-8-18/h1-6,15-18H,7-11,13-14H2,(H,35,36,40). The highest BCUT2D eigenvalue weighted by Crippen LogP contribution is 2.36. The molecule has 0 spiro atoms. The van der Waals surface area contributed by atoms with Gasteiger partial charge in [-0.2, -0.15) is 28.5 Å². The van der Waals surface area contributed by atoms with E-state index in [1.54, 1.807) is 21.5 Å². The summed E-state index contributed by atoms with van der Waals surface area (Å²) in [5.74, 6) is -0.334. The summed E-state index contributed by atoms with van der Waals surface area (Å²) in [6.07, 6.45) is 1.62. The minimum Gasteiger partial charge on any atom is -0.338 e. The maximum atomic E-state index is 13.2. The molecular weight excluding hydrogens is 537 g/mol. The highest BCUT2D eigenvalue weighted by molar-refractivity contribution is 5.94. The molecule has 1 N–H and O–H groups in total. The summed E-state index contributed by atoms with van der Waals surface area (Å²) in [6.45, 7) is 0.517. The fourth-order valence-corrected chi connectivity index (χ4v) is 5.22. The summed E-state index contributed by atoms with van der Waals surface area (Å²) in [5.41, 5.74) is 0.370. The Bertz CT molecular complexity index is 1670. The van der Waals surface area contributed by atoms with E-state index in [1.807, 2.05) is 18.3 Å². The number of amides is 2. The number of likely N-dealkylation sites (tertiary alicyclic amines) is 1. The number of rotatable bonds is 6. The highest BCUT2D eigenvalue weighted by Gasteiger charge is 2.39. The third-order valence-electron chi connectivity index (χ3n) is 7.73. The molecule has 2 aliphatic rings. The lowest BCUT2D eigenvalue weighted by atomic mass is 9.84. The predicted molar refractivity (Wildman–Crippen MR) is 140 cm³/mol. The molecular formula is C28H25F3N8O2. The second-order valence-corrected chi connectivity index (χ2v) is 10.5. The Morgan fingerprint density at radius 1 is 1.12 bits per heavy atom. The number of carbonyl (C=O) groups is 2. The Hall–Kier alpha value is -4.73. The van der Waals surface area contributed by atoms with E-state index in [-0.39, 0.29) is 42.8 Å². The van der Waals surface area contributed by atoms with Crippen LogP contribution in [-0.4, -0.2) is 54.2 Å². The second kappa shape index (κ2) is 10.0. The molecule has 3 aromatic heterocycles. The SMILES string of the molecule is N#CCC1(n2cc(-c3cccc4nc(NC(=O)C5CC5)nn34)cn2)CCN(C(=O)c2cccc(C(F)(F)F)c2)CC1. The number of halogens is 3. The number of hydrogen-bond acceptors (Lipinski definition) is 6. The largest absolute Gasteiger partial charge is 0.416 e. The van der Waals surface area contributed by atoms with Crippen molar-refractivity contribution < 1.29 is 22.8 Å². The molecule has 4 heterocycles. The quantitative estimate of drug-likeness (QED) is 0.369. The van der Waals surface area contributed by atoms with E-state index in [2.05, 4.69) is 26.6 Å². The molecule has 0 unspecified atom stereocenters. The van der Waals surface area contributed by atoms with Crippen LogP contribution in [0.4, 0.5) is 19.1 Å². The molecule has 4 aromatic rings. The third-order valence-corrected chi connectivity index (χ3v) is 7.73. The zero-order valence-corrected chi connectivity index (χ0v) is 21.8. The molecule has 1 saturated heterocycles. The Morgan fingerprint density at radius 3 is 2.59 bits per heavy atom. The van der Waals surface area contributed by atoms with E-state index in [4.69, 9.17) is 0 Å². The van der Waals surface area contributed by atoms with E-state index in [0.29, 0.717) is 24.2 Å². The van der Waals surface area contributed by atoms with Crippen LogP contribution in [0.2, 0.25) is 0 Å². The van der Waals surface area contributed by atoms with Gasteiger partial charge in [-0.15, -0.1) is 5.10 Å². The lowest BCUT2D eigenvalue weighted by Gasteiger charge is -2.40. The number of piperidine rings is 1. The number of nitrogens with zero attached hydrogens (tertiary/aromatic N) is 7. The molecule has 1 saturated carbocycles. The second-order valence-electron chi connectivity index (χ2n) is 10.5. The summed E-state index contributed by atoms with van der Waals surface area (Å²) < 4.78 is 42.8. The molecule has 10 nitrogen and oxygen atoms in total. The number of hydrogen-bond donors (Lipinski definition) is 1. The van der Waals surface area contributed by atoms with Crippen molar-refractivity contribution in [2.75, 3.05) is 18.4 Å². The average Bonchev–Trinajstić information content (AvgIpc) is 3.55. The van der Waals surface area contributed by atoms with Crippen LogP contribution >= 0.6 is 0 Å². The van der Waals surface area contributed by atoms with Crippen molar-refractivity contribution >= 4 is 23.4 Å². The zero-order valence-electron chi connectivity index (χ0n) is 21.8. The van der Waals surface area contributed by atoms with Crippen LogP contribution in [0.1, 0.15) is 48.0 Å². The normalized spacial score (nSPS) is 16.9. The number of aromatic nitrogens is 5. The van der Waals surface area contributed by atoms with Gasteiger partial charge in [-0.25, -0.2) is 4.52 Å². The van der Waals surface area contributed by atoms with Crippen LogP contribution < -0.4 is 5.32 Å². The monoisotopic (exact) mass is 562 g/mol. The number of pyridine rings is 1. The fraction of sp³-hybridized carbons (Fsp3) is 0.357. The smallest absolute Gasteiger partial charge is 0.338 e. The number of anilines is 1. The number of nitrogens with one attached hydrogen (secondary N) is 1. The van der Waals surface area contributed by atoms with Crippen molar-refractivity contribution in [3.05, 3.63) is 66.0 Å². The van der Waals surface area contributed by atoms with Gasteiger partial charge in [-0.05, 0) is 56.0 Å². The van der Waals surface area contributed by atoms with Gasteiger partial charge < -0.3 is 4.90 Å². The van der Waals surface area contributed by atoms with Gasteiger partial charge in [0.25, 0.3) is 5.91 Å². The Morgan fingerprint density at radius 2 is 1.88 bits per heavy atom. The molecule has 0 radical (unpaired) electrons. The lowest BCUT2D eigenvalue weighted by Crippen LogP contribution is -2.48. The Labute approximate surface area is 232 Å². The van der Waals surface area contributed by atoms with Gasteiger partial charge in [0.1, 0.15) is 0 Å². The molecule has 210 valence electrons. The van der Waals surface area contributed by atoms with Crippen molar-refractivity contribution in [1.82, 2.24) is 29.3 Å². The zero-order chi connectivity index (χ0) is 28.8. The highest BCUT2D eigenvalue weighted by atomic mass is 19.4. The average molecular weight is 563 g/mol. The van der Waals surface area contributed by atoms with Crippen LogP contribution in [0.15, 0.2) is 54.9 Å². The molecule has 2 amide bonds. The van der Waals surface area contributed by atoms with Gasteiger partial charge in [0.15, 0.2) is 5.65 Å². The van der Waals surface area contributed by atoms with E-state index < -0.39 is 23.2 Å². The molecule has 2 fully saturated rings. The van der Waals surface area contributed by atoms with Gasteiger partial charge in [0.2, 0.25) is 11.9 Å². The van der Waals surface area contributed by atoms with E-state index >= 15 is 0 Å². The molecule has 1 aliphatic carbocycles. The molecule has 6 rings (SSSR count). The molecule has 0 atom stereocenters. The minimum absolute atomic E-state index is 0.0161. The van der Waals surface area contributed by atoms with Gasteiger partial charge in [0, 0.05) is 36.3 Å². The maximum absolute atomic E-state index is 13.2. The summed E-state index contributed by atoms with van der Waals surface area (Å²) in [7, 11) is 0. The first-order chi connectivity index (χ1) is 19.7. The van der Waals surface area contributed by atoms with Crippen LogP contribution in [0, 0.1) is 17.2 Å². The van der Waals surface area contributed by atoms with Crippen molar-refractivity contribution in [3.8, 4) is 17.3 Å². The van der Waals surface area contributed by atoms with Crippen molar-refractivity contribution in [2.24, 2.45) is 5.92 Å². The summed E-state index contributed by atoms with van der Waals surface area (Å²) in [6, 6.07) is 12.1. The number of alkyl halides is 3. The van der Waals surface area contributed by atoms with E-state index in [0.717, 1.165) is 30.5 Å². The predicted octanol–water partition coefficient (Wildman–Crippen LogP) is 4.51. The topological polar surface area (TPSA) is 121 Å². The van der Waals surface area contributed by atoms with Crippen LogP contribution in [0.25, 0.3) is 16.9 Å². The number of fused-ring (bicyclic) bond motifs is 1. The van der Waals surface area contributed by atoms with E-state index in [1.165, 1.54) is 17.0 Å². The van der Waals surface area contributed by atoms with Gasteiger partial charge in [0.05, 0.1) is 35.5 Å². The van der Waals surface area contributed by atoms with Gasteiger partial charge in [-0.3, -0.25) is 19.6 Å². The number of benzene rings is 1. The minimum atomic E-state index is -4.54. The lowest BCUT2D eigenvalue weighted by molar-refractivity contribution is -0.137. The first-order valence-electron chi connectivity index (χ1n) is 13.2. The Balaban J connectivity index is 1.22. The fourth-order valence-electron chi connectivity index (χ4n) is 5.22. The van der Waals surface area contributed by atoms with Crippen molar-refractivity contribution in [1.29, 1.82) is 5.26 Å². The summed E-state index contributed by atoms with van der Waals surface area (Å²) in [4.78, 5) is 31.1. The number of nitriles is 1. The first-order valence-corrected chi connectivity index (χ1v) is 13.2. The van der Waals surface area contributed by atoms with E-state index in [9.17, 15) is 28.0 Å². The number of carbonyl (C=O) groups excluding carboxylic acids is 2. The molecule has 13 heteroatoms. The van der Waals surface area contributed by atoms with Crippen molar-refractivity contribution in [2.45, 2.75) is 43.8 Å². The first kappa shape index (κ1) is 26.5. The maximum Gasteiger partial charge on any atom is 0.416 e. The summed E-state index contributed by atoms with van der Waals surface area (Å²) in [5, 5.41) is 21.5. The molecule has 1 aliphatic heterocycles. The van der Waals surface area contributed by atoms with Crippen LogP contribution in [0.3, 0.4) is 0 Å². The van der Waals surface area contributed by atoms with Crippen LogP contribution in [-0.2, 0) is 16.5 Å². The van der Waals surface area contributed by atoms with Crippen LogP contribution in [0.5, 0.6) is 0 Å². The Kier molecular flexibility index (Phi) is 6.48. The van der Waals surface area contributed by atoms with Gasteiger partial charge in [-0.1, -0.05) is 12.1 Å². The van der Waals surface area contributed by atoms with Crippen molar-refractivity contribution in [3.63, 3.8) is 0 Å². The molecule has 1 aromatic carbocycles. The summed E-state index contributed by atoms with van der Waals surface area (Å²) >= 11 is 0. The third kappa shape index (κ3) is 5.13. The molecule has 41 heavy (non-hydrogen) atoms. The molecule has 0 bridgehead atoms. The van der Waals surface area contributed by atoms with Gasteiger partial charge >= 0.3 is 6.18 Å².